The van der Waals surface area contributed by atoms with Crippen LogP contribution in [0.1, 0.15) is 46.7 Å². The largest absolute Gasteiger partial charge is 0.370 e. The molecule has 2 heterocycles. The molecule has 0 bridgehead atoms. The molecule has 0 spiro atoms. The number of nitrogens with zero attached hydrogens (tertiary/aromatic N) is 3. The van der Waals surface area contributed by atoms with Gasteiger partial charge in [0, 0.05) is 49.7 Å². The molecule has 3 aromatic carbocycles. The Morgan fingerprint density at radius 2 is 1.67 bits per heavy atom. The van der Waals surface area contributed by atoms with Gasteiger partial charge in [-0.15, -0.1) is 0 Å². The Balaban J connectivity index is 1.31. The van der Waals surface area contributed by atoms with E-state index in [4.69, 9.17) is 11.5 Å². The van der Waals surface area contributed by atoms with Crippen LogP contribution in [0.5, 0.6) is 0 Å². The zero-order chi connectivity index (χ0) is 30.0. The van der Waals surface area contributed by atoms with Gasteiger partial charge in [0.05, 0.1) is 17.1 Å². The molecule has 1 aliphatic heterocycles. The van der Waals surface area contributed by atoms with Gasteiger partial charge in [0.2, 0.25) is 5.91 Å². The summed E-state index contributed by atoms with van der Waals surface area (Å²) in [5.74, 6) is -0.0662. The number of nitrogens with two attached hydrogens (primary N) is 2. The van der Waals surface area contributed by atoms with Crippen LogP contribution >= 0.6 is 0 Å². The van der Waals surface area contributed by atoms with Crippen molar-refractivity contribution in [3.8, 4) is 0 Å². The highest BCUT2D eigenvalue weighted by Crippen LogP contribution is 2.27. The molecule has 2 atom stereocenters. The molecule has 222 valence electrons. The van der Waals surface area contributed by atoms with Crippen LogP contribution in [-0.2, 0) is 4.79 Å². The highest BCUT2D eigenvalue weighted by atomic mass is 16.2. The zero-order valence-electron chi connectivity index (χ0n) is 24.2. The molecule has 6 N–H and O–H groups in total. The number of guanidine groups is 1. The number of carbonyl (C=O) groups excluding carboxylic acids is 2. The van der Waals surface area contributed by atoms with Gasteiger partial charge < -0.3 is 27.0 Å². The fourth-order valence-electron chi connectivity index (χ4n) is 5.64. The van der Waals surface area contributed by atoms with E-state index >= 15 is 0 Å². The molecule has 43 heavy (non-hydrogen) atoms. The highest BCUT2D eigenvalue weighted by Gasteiger charge is 2.32. The first-order valence-corrected chi connectivity index (χ1v) is 14.8. The minimum Gasteiger partial charge on any atom is -0.370 e. The van der Waals surface area contributed by atoms with Gasteiger partial charge in [-0.2, -0.15) is 0 Å². The second kappa shape index (κ2) is 14.4. The lowest BCUT2D eigenvalue weighted by molar-refractivity contribution is -0.133. The van der Waals surface area contributed by atoms with Crippen molar-refractivity contribution in [1.29, 1.82) is 0 Å². The molecule has 2 amide bonds. The summed E-state index contributed by atoms with van der Waals surface area (Å²) in [6.45, 7) is 1.96. The topological polar surface area (TPSA) is 139 Å². The van der Waals surface area contributed by atoms with Gasteiger partial charge in [-0.3, -0.25) is 19.6 Å². The Labute approximate surface area is 252 Å². The summed E-state index contributed by atoms with van der Waals surface area (Å²) >= 11 is 0. The Bertz CT molecular complexity index is 1500. The maximum Gasteiger partial charge on any atom is 0.252 e. The number of benzene rings is 3. The third-order valence-electron chi connectivity index (χ3n) is 7.91. The first kappa shape index (κ1) is 29.7. The van der Waals surface area contributed by atoms with Gasteiger partial charge in [0.1, 0.15) is 0 Å². The molecule has 9 heteroatoms. The Hall–Kier alpha value is -4.76. The van der Waals surface area contributed by atoms with Crippen molar-refractivity contribution in [3.63, 3.8) is 0 Å². The normalized spacial score (nSPS) is 17.0. The molecule has 1 aliphatic rings. The van der Waals surface area contributed by atoms with Gasteiger partial charge in [0.25, 0.3) is 5.91 Å². The van der Waals surface area contributed by atoms with Gasteiger partial charge in [-0.1, -0.05) is 78.9 Å². The van der Waals surface area contributed by atoms with Crippen molar-refractivity contribution < 1.29 is 9.59 Å². The van der Waals surface area contributed by atoms with Crippen LogP contribution in [0.3, 0.4) is 0 Å². The first-order chi connectivity index (χ1) is 21.0. The average Bonchev–Trinajstić information content (AvgIpc) is 3.19. The fourth-order valence-corrected chi connectivity index (χ4v) is 5.64. The summed E-state index contributed by atoms with van der Waals surface area (Å²) in [5, 5.41) is 7.51. The molecule has 9 nitrogen and oxygen atoms in total. The number of hydrogen-bond acceptors (Lipinski definition) is 5. The van der Waals surface area contributed by atoms with Gasteiger partial charge in [-0.25, -0.2) is 0 Å². The van der Waals surface area contributed by atoms with Gasteiger partial charge in [-0.05, 0) is 42.5 Å². The fraction of sp³-hybridized carbons (Fsp3) is 0.294. The number of para-hydroxylation sites is 1. The molecule has 0 aliphatic carbocycles. The number of hydrogen-bond donors (Lipinski definition) is 4. The summed E-state index contributed by atoms with van der Waals surface area (Å²) in [6.07, 6.45) is 3.52. The molecule has 1 aromatic heterocycles. The number of rotatable bonds is 11. The van der Waals surface area contributed by atoms with E-state index in [-0.39, 0.29) is 29.7 Å². The van der Waals surface area contributed by atoms with Crippen LogP contribution in [0.15, 0.2) is 102 Å². The Kier molecular flexibility index (Phi) is 9.97. The monoisotopic (exact) mass is 577 g/mol. The van der Waals surface area contributed by atoms with Crippen LogP contribution in [0.2, 0.25) is 0 Å². The van der Waals surface area contributed by atoms with Crippen LogP contribution in [0, 0.1) is 0 Å². The van der Waals surface area contributed by atoms with Crippen LogP contribution in [0.25, 0.3) is 10.9 Å². The quantitative estimate of drug-likeness (QED) is 0.122. The second-order valence-corrected chi connectivity index (χ2v) is 10.9. The number of amides is 2. The SMILES string of the molecule is NC(N)=NCCCC1NC(CNC(=O)c2cnc3ccccc3c2)CCN(CC(c2ccccc2)c2ccccc2)C1=O. The Morgan fingerprint density at radius 3 is 2.37 bits per heavy atom. The number of aliphatic imine (C=N–C) groups is 1. The molecule has 4 aromatic rings. The third-order valence-corrected chi connectivity index (χ3v) is 7.91. The highest BCUT2D eigenvalue weighted by molar-refractivity contribution is 5.97. The Morgan fingerprint density at radius 1 is 1.00 bits per heavy atom. The molecule has 1 saturated heterocycles. The lowest BCUT2D eigenvalue weighted by Crippen LogP contribution is -2.49. The van der Waals surface area contributed by atoms with Crippen molar-refractivity contribution >= 4 is 28.7 Å². The van der Waals surface area contributed by atoms with Gasteiger partial charge in [0.15, 0.2) is 5.96 Å². The number of carbonyl (C=O) groups is 2. The zero-order valence-corrected chi connectivity index (χ0v) is 24.2. The van der Waals surface area contributed by atoms with E-state index in [1.54, 1.807) is 6.20 Å². The molecular formula is C34H39N7O2. The lowest BCUT2D eigenvalue weighted by Gasteiger charge is -2.29. The summed E-state index contributed by atoms with van der Waals surface area (Å²) in [7, 11) is 0. The molecule has 0 radical (unpaired) electrons. The molecule has 0 saturated carbocycles. The van der Waals surface area contributed by atoms with E-state index in [1.165, 1.54) is 0 Å². The summed E-state index contributed by atoms with van der Waals surface area (Å²) in [5.41, 5.74) is 14.7. The summed E-state index contributed by atoms with van der Waals surface area (Å²) in [6, 6.07) is 29.7. The van der Waals surface area contributed by atoms with Crippen molar-refractivity contribution in [1.82, 2.24) is 20.5 Å². The van der Waals surface area contributed by atoms with Crippen LogP contribution in [-0.4, -0.2) is 65.9 Å². The van der Waals surface area contributed by atoms with Crippen LogP contribution < -0.4 is 22.1 Å². The lowest BCUT2D eigenvalue weighted by atomic mass is 9.90. The first-order valence-electron chi connectivity index (χ1n) is 14.8. The molecule has 5 rings (SSSR count). The predicted molar refractivity (Wildman–Crippen MR) is 171 cm³/mol. The van der Waals surface area contributed by atoms with E-state index < -0.39 is 6.04 Å². The van der Waals surface area contributed by atoms with Gasteiger partial charge >= 0.3 is 0 Å². The number of pyridine rings is 1. The predicted octanol–water partition coefficient (Wildman–Crippen LogP) is 3.41. The second-order valence-electron chi connectivity index (χ2n) is 10.9. The van der Waals surface area contributed by atoms with E-state index in [2.05, 4.69) is 44.9 Å². The summed E-state index contributed by atoms with van der Waals surface area (Å²) < 4.78 is 0. The van der Waals surface area contributed by atoms with Crippen LogP contribution in [0.4, 0.5) is 0 Å². The van der Waals surface area contributed by atoms with E-state index in [9.17, 15) is 9.59 Å². The minimum absolute atomic E-state index is 0.0327. The van der Waals surface area contributed by atoms with Crippen molar-refractivity contribution in [2.75, 3.05) is 26.2 Å². The van der Waals surface area contributed by atoms with E-state index in [0.29, 0.717) is 51.0 Å². The number of nitrogens with one attached hydrogen (secondary N) is 2. The number of aromatic nitrogens is 1. The van der Waals surface area contributed by atoms with Crippen molar-refractivity contribution in [2.24, 2.45) is 16.5 Å². The minimum atomic E-state index is -0.423. The van der Waals surface area contributed by atoms with E-state index in [1.807, 2.05) is 71.6 Å². The maximum atomic E-state index is 14.0. The average molecular weight is 578 g/mol. The third kappa shape index (κ3) is 7.96. The molecular weight excluding hydrogens is 538 g/mol. The summed E-state index contributed by atoms with van der Waals surface area (Å²) in [4.78, 5) is 37.5. The number of fused-ring (bicyclic) bond motifs is 1. The standard InChI is InChI=1S/C34H39N7O2/c35-34(36)37-18-9-16-31-33(43)41(23-29(24-10-3-1-4-11-24)25-12-5-2-6-13-25)19-17-28(40-31)22-39-32(42)27-20-26-14-7-8-15-30(26)38-21-27/h1-8,10-15,20-21,28-29,31,40H,9,16-19,22-23H2,(H,39,42)(H4,35,36,37). The van der Waals surface area contributed by atoms with E-state index in [0.717, 1.165) is 22.0 Å². The van der Waals surface area contributed by atoms with Crippen molar-refractivity contribution in [2.45, 2.75) is 37.3 Å². The molecule has 1 fully saturated rings. The van der Waals surface area contributed by atoms with Crippen molar-refractivity contribution in [3.05, 3.63) is 114 Å². The maximum absolute atomic E-state index is 14.0. The molecule has 2 unspecified atom stereocenters. The smallest absolute Gasteiger partial charge is 0.252 e.